The summed E-state index contributed by atoms with van der Waals surface area (Å²) < 4.78 is 22.3. The lowest BCUT2D eigenvalue weighted by molar-refractivity contribution is -0.129. The number of hydrogen-bond donors (Lipinski definition) is 2. The summed E-state index contributed by atoms with van der Waals surface area (Å²) in [6, 6.07) is 6.57. The van der Waals surface area contributed by atoms with Gasteiger partial charge in [-0.15, -0.1) is 0 Å². The number of amides is 1. The summed E-state index contributed by atoms with van der Waals surface area (Å²) in [5, 5.41) is 8.02. The average Bonchev–Trinajstić information content (AvgIpc) is 2.34. The molecule has 0 heterocycles. The third-order valence-electron chi connectivity index (χ3n) is 3.18. The first-order valence-corrected chi connectivity index (χ1v) is 8.47. The van der Waals surface area contributed by atoms with Gasteiger partial charge in [-0.05, 0) is 37.5 Å². The van der Waals surface area contributed by atoms with Crippen molar-refractivity contribution in [2.75, 3.05) is 0 Å². The molecule has 0 radical (unpaired) electrons. The molecular formula is C15H24N2O3S. The van der Waals surface area contributed by atoms with Crippen LogP contribution in [-0.4, -0.2) is 20.4 Å². The molecule has 1 amide bonds. The minimum atomic E-state index is -3.64. The van der Waals surface area contributed by atoms with Crippen LogP contribution in [0.25, 0.3) is 0 Å². The number of benzene rings is 1. The first-order chi connectivity index (χ1) is 9.50. The molecule has 0 aliphatic heterocycles. The van der Waals surface area contributed by atoms with Gasteiger partial charge >= 0.3 is 0 Å². The van der Waals surface area contributed by atoms with Gasteiger partial charge in [-0.25, -0.2) is 13.6 Å². The predicted octanol–water partition coefficient (Wildman–Crippen LogP) is 1.82. The Kier molecular flexibility index (Phi) is 5.53. The molecule has 1 aromatic rings. The number of carbonyl (C=O) groups excluding carboxylic acids is 1. The zero-order valence-electron chi connectivity index (χ0n) is 13.0. The Hall–Kier alpha value is -1.40. The van der Waals surface area contributed by atoms with Crippen molar-refractivity contribution in [1.82, 2.24) is 5.32 Å². The van der Waals surface area contributed by atoms with Crippen LogP contribution in [0.4, 0.5) is 0 Å². The Morgan fingerprint density at radius 2 is 1.76 bits per heavy atom. The topological polar surface area (TPSA) is 89.3 Å². The highest BCUT2D eigenvalue weighted by molar-refractivity contribution is 7.89. The molecule has 21 heavy (non-hydrogen) atoms. The van der Waals surface area contributed by atoms with Gasteiger partial charge in [-0.3, -0.25) is 4.79 Å². The van der Waals surface area contributed by atoms with Crippen molar-refractivity contribution >= 4 is 15.9 Å². The lowest BCUT2D eigenvalue weighted by Crippen LogP contribution is -2.40. The smallest absolute Gasteiger partial charge is 0.238 e. The molecule has 0 aliphatic carbocycles. The zero-order valence-corrected chi connectivity index (χ0v) is 13.8. The average molecular weight is 312 g/mol. The molecule has 1 aromatic carbocycles. The molecule has 1 atom stereocenters. The fourth-order valence-electron chi connectivity index (χ4n) is 1.74. The van der Waals surface area contributed by atoms with E-state index in [0.29, 0.717) is 0 Å². The highest BCUT2D eigenvalue weighted by atomic mass is 32.2. The number of nitrogens with two attached hydrogens (primary N) is 1. The molecule has 118 valence electrons. The molecule has 0 fully saturated rings. The molecule has 0 saturated heterocycles. The maximum Gasteiger partial charge on any atom is 0.238 e. The highest BCUT2D eigenvalue weighted by Crippen LogP contribution is 2.14. The zero-order chi connectivity index (χ0) is 16.3. The Bertz CT molecular complexity index is 586. The maximum absolute atomic E-state index is 11.8. The molecular weight excluding hydrogens is 288 g/mol. The standard InChI is InChI=1S/C15H24N2O3S/c1-11(17-14(18)15(2,3)4)5-6-12-7-9-13(10-8-12)21(16,19)20/h7-11H,5-6H2,1-4H3,(H,17,18)(H2,16,19,20). The van der Waals surface area contributed by atoms with E-state index in [1.54, 1.807) is 12.1 Å². The van der Waals surface area contributed by atoms with E-state index in [9.17, 15) is 13.2 Å². The van der Waals surface area contributed by atoms with Gasteiger partial charge in [0.05, 0.1) is 4.90 Å². The third-order valence-corrected chi connectivity index (χ3v) is 4.11. The molecule has 3 N–H and O–H groups in total. The van der Waals surface area contributed by atoms with Crippen molar-refractivity contribution in [3.63, 3.8) is 0 Å². The van der Waals surface area contributed by atoms with Gasteiger partial charge in [-0.2, -0.15) is 0 Å². The van der Waals surface area contributed by atoms with Crippen LogP contribution < -0.4 is 10.5 Å². The fourth-order valence-corrected chi connectivity index (χ4v) is 2.26. The van der Waals surface area contributed by atoms with Gasteiger partial charge in [0.15, 0.2) is 0 Å². The van der Waals surface area contributed by atoms with Crippen LogP contribution in [0.3, 0.4) is 0 Å². The minimum Gasteiger partial charge on any atom is -0.353 e. The lowest BCUT2D eigenvalue weighted by Gasteiger charge is -2.21. The molecule has 0 aliphatic rings. The highest BCUT2D eigenvalue weighted by Gasteiger charge is 2.22. The summed E-state index contributed by atoms with van der Waals surface area (Å²) in [5.74, 6) is 0.0274. The number of primary sulfonamides is 1. The SMILES string of the molecule is CC(CCc1ccc(S(N)(=O)=O)cc1)NC(=O)C(C)(C)C. The van der Waals surface area contributed by atoms with E-state index < -0.39 is 15.4 Å². The molecule has 0 aromatic heterocycles. The lowest BCUT2D eigenvalue weighted by atomic mass is 9.95. The van der Waals surface area contributed by atoms with Gasteiger partial charge in [0.2, 0.25) is 15.9 Å². The number of nitrogens with one attached hydrogen (secondary N) is 1. The van der Waals surface area contributed by atoms with Crippen LogP contribution >= 0.6 is 0 Å². The van der Waals surface area contributed by atoms with E-state index in [0.717, 1.165) is 18.4 Å². The summed E-state index contributed by atoms with van der Waals surface area (Å²) in [7, 11) is -3.64. The molecule has 0 saturated carbocycles. The monoisotopic (exact) mass is 312 g/mol. The van der Waals surface area contributed by atoms with Crippen molar-refractivity contribution in [2.24, 2.45) is 10.6 Å². The van der Waals surface area contributed by atoms with Crippen molar-refractivity contribution in [3.8, 4) is 0 Å². The second-order valence-corrected chi connectivity index (χ2v) is 7.91. The number of rotatable bonds is 5. The first kappa shape index (κ1) is 17.7. The van der Waals surface area contributed by atoms with Crippen LogP contribution in [0.5, 0.6) is 0 Å². The second kappa shape index (κ2) is 6.58. The summed E-state index contributed by atoms with van der Waals surface area (Å²) in [5.41, 5.74) is 0.616. The summed E-state index contributed by atoms with van der Waals surface area (Å²) >= 11 is 0. The van der Waals surface area contributed by atoms with Gasteiger partial charge < -0.3 is 5.32 Å². The van der Waals surface area contributed by atoms with E-state index >= 15 is 0 Å². The van der Waals surface area contributed by atoms with Crippen molar-refractivity contribution in [2.45, 2.75) is 51.5 Å². The van der Waals surface area contributed by atoms with E-state index in [1.807, 2.05) is 27.7 Å². The molecule has 6 heteroatoms. The Balaban J connectivity index is 2.54. The number of carbonyl (C=O) groups is 1. The number of sulfonamides is 1. The summed E-state index contributed by atoms with van der Waals surface area (Å²) in [4.78, 5) is 12.0. The van der Waals surface area contributed by atoms with Gasteiger partial charge in [0, 0.05) is 11.5 Å². The Labute approximate surface area is 127 Å². The van der Waals surface area contributed by atoms with E-state index in [2.05, 4.69) is 5.32 Å². The molecule has 5 nitrogen and oxygen atoms in total. The number of hydrogen-bond acceptors (Lipinski definition) is 3. The molecule has 1 rings (SSSR count). The van der Waals surface area contributed by atoms with E-state index in [-0.39, 0.29) is 16.8 Å². The van der Waals surface area contributed by atoms with Crippen LogP contribution in [-0.2, 0) is 21.2 Å². The van der Waals surface area contributed by atoms with Crippen molar-refractivity contribution in [1.29, 1.82) is 0 Å². The van der Waals surface area contributed by atoms with Gasteiger partial charge in [-0.1, -0.05) is 32.9 Å². The third kappa shape index (κ3) is 5.85. The first-order valence-electron chi connectivity index (χ1n) is 6.93. The quantitative estimate of drug-likeness (QED) is 0.869. The van der Waals surface area contributed by atoms with Crippen LogP contribution in [0.2, 0.25) is 0 Å². The molecule has 1 unspecified atom stereocenters. The largest absolute Gasteiger partial charge is 0.353 e. The second-order valence-electron chi connectivity index (χ2n) is 6.35. The molecule has 0 bridgehead atoms. The van der Waals surface area contributed by atoms with Crippen LogP contribution in [0, 0.1) is 5.41 Å². The van der Waals surface area contributed by atoms with Gasteiger partial charge in [0.25, 0.3) is 0 Å². The summed E-state index contributed by atoms with van der Waals surface area (Å²) in [6.45, 7) is 7.59. The van der Waals surface area contributed by atoms with E-state index in [1.165, 1.54) is 12.1 Å². The van der Waals surface area contributed by atoms with Gasteiger partial charge in [0.1, 0.15) is 0 Å². The molecule has 0 spiro atoms. The van der Waals surface area contributed by atoms with Crippen LogP contribution in [0.1, 0.15) is 39.7 Å². The normalized spacial score (nSPS) is 13.8. The predicted molar refractivity (Wildman–Crippen MR) is 83.2 cm³/mol. The van der Waals surface area contributed by atoms with Crippen LogP contribution in [0.15, 0.2) is 29.2 Å². The van der Waals surface area contributed by atoms with Crippen molar-refractivity contribution < 1.29 is 13.2 Å². The number of aryl methyl sites for hydroxylation is 1. The Morgan fingerprint density at radius 1 is 1.24 bits per heavy atom. The van der Waals surface area contributed by atoms with E-state index in [4.69, 9.17) is 5.14 Å². The van der Waals surface area contributed by atoms with Crippen molar-refractivity contribution in [3.05, 3.63) is 29.8 Å². The summed E-state index contributed by atoms with van der Waals surface area (Å²) in [6.07, 6.45) is 1.55. The minimum absolute atomic E-state index is 0.0274. The Morgan fingerprint density at radius 3 is 2.19 bits per heavy atom. The fraction of sp³-hybridized carbons (Fsp3) is 0.533. The maximum atomic E-state index is 11.8.